The molecule has 0 aliphatic heterocycles. The summed E-state index contributed by atoms with van der Waals surface area (Å²) < 4.78 is 0. The fourth-order valence-electron chi connectivity index (χ4n) is 1.64. The SMILES string of the molecule is C/C(=N\NC(=O)CCc1ccccc1)c1cccs1. The molecule has 0 spiro atoms. The van der Waals surface area contributed by atoms with Crippen LogP contribution in [0.5, 0.6) is 0 Å². The van der Waals surface area contributed by atoms with E-state index in [1.807, 2.05) is 54.8 Å². The summed E-state index contributed by atoms with van der Waals surface area (Å²) >= 11 is 1.61. The number of benzene rings is 1. The second-order valence-electron chi connectivity index (χ2n) is 4.20. The Labute approximate surface area is 117 Å². The number of nitrogens with zero attached hydrogens (tertiary/aromatic N) is 1. The van der Waals surface area contributed by atoms with Crippen molar-refractivity contribution in [3.05, 3.63) is 58.3 Å². The molecule has 0 bridgehead atoms. The van der Waals surface area contributed by atoms with Crippen molar-refractivity contribution in [3.8, 4) is 0 Å². The van der Waals surface area contributed by atoms with Gasteiger partial charge in [0, 0.05) is 11.3 Å². The Morgan fingerprint density at radius 3 is 2.68 bits per heavy atom. The fourth-order valence-corrected chi connectivity index (χ4v) is 2.32. The third-order valence-electron chi connectivity index (χ3n) is 2.71. The van der Waals surface area contributed by atoms with Crippen molar-refractivity contribution < 1.29 is 4.79 Å². The number of rotatable bonds is 5. The number of aryl methyl sites for hydroxylation is 1. The first kappa shape index (κ1) is 13.5. The van der Waals surface area contributed by atoms with Gasteiger partial charge in [0.15, 0.2) is 0 Å². The van der Waals surface area contributed by atoms with E-state index in [1.54, 1.807) is 11.3 Å². The monoisotopic (exact) mass is 272 g/mol. The molecule has 0 radical (unpaired) electrons. The summed E-state index contributed by atoms with van der Waals surface area (Å²) in [6.07, 6.45) is 1.19. The molecule has 0 fully saturated rings. The molecule has 1 aromatic carbocycles. The number of carbonyl (C=O) groups is 1. The van der Waals surface area contributed by atoms with Gasteiger partial charge in [-0.2, -0.15) is 5.10 Å². The number of hydrazone groups is 1. The zero-order chi connectivity index (χ0) is 13.5. The lowest BCUT2D eigenvalue weighted by Gasteiger charge is -2.02. The number of nitrogens with one attached hydrogen (secondary N) is 1. The Hall–Kier alpha value is -1.94. The van der Waals surface area contributed by atoms with Crippen LogP contribution in [-0.4, -0.2) is 11.6 Å². The van der Waals surface area contributed by atoms with Crippen molar-refractivity contribution in [2.75, 3.05) is 0 Å². The second-order valence-corrected chi connectivity index (χ2v) is 5.14. The van der Waals surface area contributed by atoms with Gasteiger partial charge in [0.05, 0.1) is 5.71 Å². The summed E-state index contributed by atoms with van der Waals surface area (Å²) in [5.41, 5.74) is 4.60. The van der Waals surface area contributed by atoms with Crippen LogP contribution >= 0.6 is 11.3 Å². The van der Waals surface area contributed by atoms with Crippen LogP contribution in [0.15, 0.2) is 52.9 Å². The molecule has 0 aliphatic rings. The number of thiophene rings is 1. The van der Waals surface area contributed by atoms with E-state index in [1.165, 1.54) is 0 Å². The number of hydrogen-bond acceptors (Lipinski definition) is 3. The average Bonchev–Trinajstić information content (AvgIpc) is 2.98. The van der Waals surface area contributed by atoms with Gasteiger partial charge < -0.3 is 0 Å². The van der Waals surface area contributed by atoms with Gasteiger partial charge in [-0.15, -0.1) is 11.3 Å². The summed E-state index contributed by atoms with van der Waals surface area (Å²) in [6.45, 7) is 1.89. The number of hydrogen-bond donors (Lipinski definition) is 1. The number of carbonyl (C=O) groups excluding carboxylic acids is 1. The van der Waals surface area contributed by atoms with Crippen LogP contribution in [0.25, 0.3) is 0 Å². The van der Waals surface area contributed by atoms with E-state index in [-0.39, 0.29) is 5.91 Å². The first-order chi connectivity index (χ1) is 9.25. The van der Waals surface area contributed by atoms with Crippen LogP contribution in [-0.2, 0) is 11.2 Å². The molecule has 19 heavy (non-hydrogen) atoms. The Bertz CT molecular complexity index is 547. The Balaban J connectivity index is 1.80. The van der Waals surface area contributed by atoms with Crippen molar-refractivity contribution in [1.82, 2.24) is 5.43 Å². The highest BCUT2D eigenvalue weighted by molar-refractivity contribution is 7.12. The van der Waals surface area contributed by atoms with Crippen LogP contribution in [0.3, 0.4) is 0 Å². The van der Waals surface area contributed by atoms with E-state index in [9.17, 15) is 4.79 Å². The predicted octanol–water partition coefficient (Wildman–Crippen LogP) is 3.22. The molecule has 3 nitrogen and oxygen atoms in total. The lowest BCUT2D eigenvalue weighted by Crippen LogP contribution is -2.19. The first-order valence-electron chi connectivity index (χ1n) is 6.16. The molecule has 1 aromatic heterocycles. The second kappa shape index (κ2) is 6.85. The number of amides is 1. The van der Waals surface area contributed by atoms with Gasteiger partial charge in [-0.1, -0.05) is 36.4 Å². The third kappa shape index (κ3) is 4.34. The zero-order valence-electron chi connectivity index (χ0n) is 10.8. The van der Waals surface area contributed by atoms with E-state index in [4.69, 9.17) is 0 Å². The Morgan fingerprint density at radius 1 is 1.21 bits per heavy atom. The highest BCUT2D eigenvalue weighted by atomic mass is 32.1. The minimum atomic E-state index is -0.0558. The van der Waals surface area contributed by atoms with Crippen LogP contribution < -0.4 is 5.43 Å². The van der Waals surface area contributed by atoms with Gasteiger partial charge in [-0.05, 0) is 30.4 Å². The molecule has 1 N–H and O–H groups in total. The van der Waals surface area contributed by atoms with E-state index in [0.29, 0.717) is 6.42 Å². The van der Waals surface area contributed by atoms with Crippen molar-refractivity contribution in [2.45, 2.75) is 19.8 Å². The quantitative estimate of drug-likeness (QED) is 0.659. The summed E-state index contributed by atoms with van der Waals surface area (Å²) in [5, 5.41) is 6.10. The molecular formula is C15H16N2OS. The minimum Gasteiger partial charge on any atom is -0.273 e. The molecule has 98 valence electrons. The topological polar surface area (TPSA) is 41.5 Å². The summed E-state index contributed by atoms with van der Waals surface area (Å²) in [6, 6.07) is 13.9. The van der Waals surface area contributed by atoms with E-state index < -0.39 is 0 Å². The highest BCUT2D eigenvalue weighted by Crippen LogP contribution is 2.09. The van der Waals surface area contributed by atoms with Crippen LogP contribution in [0.1, 0.15) is 23.8 Å². The largest absolute Gasteiger partial charge is 0.273 e. The van der Waals surface area contributed by atoms with Gasteiger partial charge in [0.2, 0.25) is 5.91 Å². The molecule has 0 aliphatic carbocycles. The van der Waals surface area contributed by atoms with Crippen molar-refractivity contribution in [3.63, 3.8) is 0 Å². The molecule has 4 heteroatoms. The van der Waals surface area contributed by atoms with Gasteiger partial charge >= 0.3 is 0 Å². The van der Waals surface area contributed by atoms with Crippen molar-refractivity contribution in [1.29, 1.82) is 0 Å². The molecule has 1 amide bonds. The fraction of sp³-hybridized carbons (Fsp3) is 0.200. The maximum absolute atomic E-state index is 11.7. The summed E-state index contributed by atoms with van der Waals surface area (Å²) in [5.74, 6) is -0.0558. The molecule has 2 aromatic rings. The van der Waals surface area contributed by atoms with E-state index in [2.05, 4.69) is 10.5 Å². The average molecular weight is 272 g/mol. The van der Waals surface area contributed by atoms with Crippen LogP contribution in [0.2, 0.25) is 0 Å². The van der Waals surface area contributed by atoms with Crippen LogP contribution in [0.4, 0.5) is 0 Å². The van der Waals surface area contributed by atoms with Gasteiger partial charge in [-0.25, -0.2) is 5.43 Å². The normalized spacial score (nSPS) is 11.3. The third-order valence-corrected chi connectivity index (χ3v) is 3.69. The minimum absolute atomic E-state index is 0.0558. The maximum atomic E-state index is 11.7. The first-order valence-corrected chi connectivity index (χ1v) is 7.04. The smallest absolute Gasteiger partial charge is 0.240 e. The standard InChI is InChI=1S/C15H16N2OS/c1-12(14-8-5-11-19-14)16-17-15(18)10-9-13-6-3-2-4-7-13/h2-8,11H,9-10H2,1H3,(H,17,18)/b16-12+. The maximum Gasteiger partial charge on any atom is 0.240 e. The van der Waals surface area contributed by atoms with Gasteiger partial charge in [0.1, 0.15) is 0 Å². The van der Waals surface area contributed by atoms with Crippen molar-refractivity contribution in [2.24, 2.45) is 5.10 Å². The lowest BCUT2D eigenvalue weighted by molar-refractivity contribution is -0.121. The van der Waals surface area contributed by atoms with Crippen LogP contribution in [0, 0.1) is 0 Å². The van der Waals surface area contributed by atoms with Gasteiger partial charge in [-0.3, -0.25) is 4.79 Å². The van der Waals surface area contributed by atoms with Crippen molar-refractivity contribution >= 4 is 23.0 Å². The molecule has 0 atom stereocenters. The molecule has 0 saturated heterocycles. The highest BCUT2D eigenvalue weighted by Gasteiger charge is 2.02. The summed E-state index contributed by atoms with van der Waals surface area (Å²) in [4.78, 5) is 12.7. The van der Waals surface area contributed by atoms with E-state index in [0.717, 1.165) is 22.6 Å². The molecular weight excluding hydrogens is 256 g/mol. The molecule has 0 saturated carbocycles. The molecule has 0 unspecified atom stereocenters. The summed E-state index contributed by atoms with van der Waals surface area (Å²) in [7, 11) is 0. The van der Waals surface area contributed by atoms with Gasteiger partial charge in [0.25, 0.3) is 0 Å². The lowest BCUT2D eigenvalue weighted by atomic mass is 10.1. The Kier molecular flexibility index (Phi) is 4.86. The zero-order valence-corrected chi connectivity index (χ0v) is 11.6. The Morgan fingerprint density at radius 2 is 2.00 bits per heavy atom. The molecule has 1 heterocycles. The van der Waals surface area contributed by atoms with E-state index >= 15 is 0 Å². The molecule has 2 rings (SSSR count). The predicted molar refractivity (Wildman–Crippen MR) is 79.4 cm³/mol.